The number of hydrogen-bond donors (Lipinski definition) is 1. The maximum atomic E-state index is 11.8. The van der Waals surface area contributed by atoms with Crippen LogP contribution in [0.15, 0.2) is 36.5 Å². The molecule has 2 rings (SSSR count). The molecule has 0 spiro atoms. The number of nitro benzene ring substituents is 1. The molecule has 0 unspecified atom stereocenters. The van der Waals surface area contributed by atoms with Crippen LogP contribution in [0.1, 0.15) is 11.1 Å². The quantitative estimate of drug-likeness (QED) is 0.525. The van der Waals surface area contributed by atoms with E-state index in [4.69, 9.17) is 5.26 Å². The molecule has 1 amide bonds. The van der Waals surface area contributed by atoms with Gasteiger partial charge < -0.3 is 5.32 Å². The highest BCUT2D eigenvalue weighted by Gasteiger charge is 2.10. The highest BCUT2D eigenvalue weighted by molar-refractivity contribution is 6.02. The Bertz CT molecular complexity index is 801. The predicted molar refractivity (Wildman–Crippen MR) is 78.7 cm³/mol. The lowest BCUT2D eigenvalue weighted by atomic mass is 10.2. The van der Waals surface area contributed by atoms with Crippen molar-refractivity contribution in [3.63, 3.8) is 0 Å². The Morgan fingerprint density at radius 2 is 2.32 bits per heavy atom. The van der Waals surface area contributed by atoms with Crippen LogP contribution in [-0.4, -0.2) is 20.6 Å². The second-order valence-electron chi connectivity index (χ2n) is 4.32. The first-order valence-electron chi connectivity index (χ1n) is 6.17. The summed E-state index contributed by atoms with van der Waals surface area (Å²) in [4.78, 5) is 22.0. The van der Waals surface area contributed by atoms with Gasteiger partial charge in [0.25, 0.3) is 5.69 Å². The van der Waals surface area contributed by atoms with Gasteiger partial charge in [0.2, 0.25) is 5.91 Å². The number of hydrogen-bond acceptors (Lipinski definition) is 5. The molecule has 1 aromatic carbocycles. The molecule has 0 aliphatic rings. The standard InChI is InChI=1S/C14H11N5O3/c1-18-14(11(8-15)9-16-18)17-13(20)6-5-10-3-2-4-12(7-10)19(21)22/h2-7,9H,1H3,(H,17,20)/b6-5+. The van der Waals surface area contributed by atoms with Crippen molar-refractivity contribution in [1.82, 2.24) is 9.78 Å². The lowest BCUT2D eigenvalue weighted by Gasteiger charge is -2.02. The Hall–Kier alpha value is -3.47. The number of aryl methyl sites for hydroxylation is 1. The number of nitriles is 1. The van der Waals surface area contributed by atoms with E-state index in [-0.39, 0.29) is 17.1 Å². The molecule has 1 heterocycles. The predicted octanol–water partition coefficient (Wildman–Crippen LogP) is 1.85. The number of aromatic nitrogens is 2. The molecule has 8 nitrogen and oxygen atoms in total. The number of carbonyl (C=O) groups excluding carboxylic acids is 1. The van der Waals surface area contributed by atoms with Gasteiger partial charge in [-0.1, -0.05) is 12.1 Å². The van der Waals surface area contributed by atoms with Crippen molar-refractivity contribution in [2.24, 2.45) is 7.05 Å². The van der Waals surface area contributed by atoms with Crippen molar-refractivity contribution < 1.29 is 9.72 Å². The summed E-state index contributed by atoms with van der Waals surface area (Å²) in [6.07, 6.45) is 4.03. The van der Waals surface area contributed by atoms with Crippen molar-refractivity contribution in [2.75, 3.05) is 5.32 Å². The average Bonchev–Trinajstić information content (AvgIpc) is 2.86. The van der Waals surface area contributed by atoms with Crippen molar-refractivity contribution in [1.29, 1.82) is 5.26 Å². The number of nitrogens with zero attached hydrogens (tertiary/aromatic N) is 4. The number of anilines is 1. The van der Waals surface area contributed by atoms with Crippen LogP contribution in [0.2, 0.25) is 0 Å². The molecule has 2 aromatic rings. The van der Waals surface area contributed by atoms with Crippen LogP contribution in [0, 0.1) is 21.4 Å². The van der Waals surface area contributed by atoms with E-state index >= 15 is 0 Å². The van der Waals surface area contributed by atoms with Gasteiger partial charge in [-0.25, -0.2) is 0 Å². The summed E-state index contributed by atoms with van der Waals surface area (Å²) < 4.78 is 1.37. The number of amides is 1. The zero-order valence-electron chi connectivity index (χ0n) is 11.6. The zero-order chi connectivity index (χ0) is 16.1. The van der Waals surface area contributed by atoms with Gasteiger partial charge in [0.15, 0.2) is 0 Å². The fraction of sp³-hybridized carbons (Fsp3) is 0.0714. The normalized spacial score (nSPS) is 10.4. The minimum atomic E-state index is -0.508. The smallest absolute Gasteiger partial charge is 0.270 e. The molecule has 0 aliphatic heterocycles. The van der Waals surface area contributed by atoms with Gasteiger partial charge in [-0.2, -0.15) is 10.4 Å². The summed E-state index contributed by atoms with van der Waals surface area (Å²) >= 11 is 0. The van der Waals surface area contributed by atoms with Gasteiger partial charge >= 0.3 is 0 Å². The molecule has 0 saturated heterocycles. The van der Waals surface area contributed by atoms with Crippen LogP contribution >= 0.6 is 0 Å². The van der Waals surface area contributed by atoms with E-state index in [0.29, 0.717) is 5.56 Å². The van der Waals surface area contributed by atoms with E-state index in [1.165, 1.54) is 41.2 Å². The molecule has 0 bridgehead atoms. The fourth-order valence-corrected chi connectivity index (χ4v) is 1.74. The first kappa shape index (κ1) is 14.9. The molecule has 22 heavy (non-hydrogen) atoms. The van der Waals surface area contributed by atoms with E-state index in [2.05, 4.69) is 10.4 Å². The molecule has 0 radical (unpaired) electrons. The van der Waals surface area contributed by atoms with E-state index in [0.717, 1.165) is 0 Å². The van der Waals surface area contributed by atoms with Gasteiger partial charge in [0.05, 0.1) is 11.1 Å². The van der Waals surface area contributed by atoms with Crippen molar-refractivity contribution >= 4 is 23.5 Å². The van der Waals surface area contributed by atoms with Gasteiger partial charge in [0.1, 0.15) is 17.5 Å². The summed E-state index contributed by atoms with van der Waals surface area (Å²) in [7, 11) is 1.60. The Labute approximate surface area is 125 Å². The van der Waals surface area contributed by atoms with E-state index in [1.54, 1.807) is 13.1 Å². The minimum absolute atomic E-state index is 0.0547. The van der Waals surface area contributed by atoms with Crippen molar-refractivity contribution in [2.45, 2.75) is 0 Å². The molecule has 1 aromatic heterocycles. The molecule has 8 heteroatoms. The van der Waals surface area contributed by atoms with Gasteiger partial charge in [-0.05, 0) is 11.6 Å². The maximum Gasteiger partial charge on any atom is 0.270 e. The van der Waals surface area contributed by atoms with Crippen LogP contribution in [0.5, 0.6) is 0 Å². The third-order valence-corrected chi connectivity index (χ3v) is 2.81. The number of rotatable bonds is 4. The SMILES string of the molecule is Cn1ncc(C#N)c1NC(=O)/C=C/c1cccc([N+](=O)[O-])c1. The van der Waals surface area contributed by atoms with Gasteiger partial charge in [-0.15, -0.1) is 0 Å². The summed E-state index contributed by atoms with van der Waals surface area (Å²) in [5, 5.41) is 26.0. The summed E-state index contributed by atoms with van der Waals surface area (Å²) in [6.45, 7) is 0. The number of carbonyl (C=O) groups is 1. The second-order valence-corrected chi connectivity index (χ2v) is 4.32. The lowest BCUT2D eigenvalue weighted by Crippen LogP contribution is -2.12. The van der Waals surface area contributed by atoms with Crippen LogP contribution in [0.3, 0.4) is 0 Å². The molecular formula is C14H11N5O3. The molecule has 0 fully saturated rings. The fourth-order valence-electron chi connectivity index (χ4n) is 1.74. The molecular weight excluding hydrogens is 286 g/mol. The van der Waals surface area contributed by atoms with Crippen molar-refractivity contribution in [3.8, 4) is 6.07 Å². The highest BCUT2D eigenvalue weighted by Crippen LogP contribution is 2.15. The Kier molecular flexibility index (Phi) is 4.29. The lowest BCUT2D eigenvalue weighted by molar-refractivity contribution is -0.384. The van der Waals surface area contributed by atoms with Crippen LogP contribution in [0.25, 0.3) is 6.08 Å². The largest absolute Gasteiger partial charge is 0.306 e. The minimum Gasteiger partial charge on any atom is -0.306 e. The average molecular weight is 297 g/mol. The Morgan fingerprint density at radius 1 is 1.55 bits per heavy atom. The summed E-state index contributed by atoms with van der Waals surface area (Å²) in [6, 6.07) is 7.81. The summed E-state index contributed by atoms with van der Waals surface area (Å²) in [5.74, 6) is -0.178. The number of nitro groups is 1. The van der Waals surface area contributed by atoms with Gasteiger partial charge in [0, 0.05) is 25.3 Å². The van der Waals surface area contributed by atoms with Crippen molar-refractivity contribution in [3.05, 3.63) is 57.8 Å². The maximum absolute atomic E-state index is 11.8. The molecule has 110 valence electrons. The second kappa shape index (κ2) is 6.32. The molecule has 0 saturated carbocycles. The topological polar surface area (TPSA) is 114 Å². The molecule has 0 atom stereocenters. The van der Waals surface area contributed by atoms with Gasteiger partial charge in [-0.3, -0.25) is 19.6 Å². The third-order valence-electron chi connectivity index (χ3n) is 2.81. The number of nitrogens with one attached hydrogen (secondary N) is 1. The Balaban J connectivity index is 2.12. The van der Waals surface area contributed by atoms with Crippen LogP contribution in [0.4, 0.5) is 11.5 Å². The van der Waals surface area contributed by atoms with E-state index < -0.39 is 10.8 Å². The monoisotopic (exact) mass is 297 g/mol. The molecule has 1 N–H and O–H groups in total. The summed E-state index contributed by atoms with van der Waals surface area (Å²) in [5.41, 5.74) is 0.718. The zero-order valence-corrected chi connectivity index (χ0v) is 11.6. The van der Waals surface area contributed by atoms with E-state index in [9.17, 15) is 14.9 Å². The molecule has 0 aliphatic carbocycles. The number of non-ortho nitro benzene ring substituents is 1. The first-order valence-corrected chi connectivity index (χ1v) is 6.17. The van der Waals surface area contributed by atoms with E-state index in [1.807, 2.05) is 6.07 Å². The first-order chi connectivity index (χ1) is 10.5. The van der Waals surface area contributed by atoms with Crippen LogP contribution in [-0.2, 0) is 11.8 Å². The highest BCUT2D eigenvalue weighted by atomic mass is 16.6. The third kappa shape index (κ3) is 3.34. The van der Waals surface area contributed by atoms with Crippen LogP contribution < -0.4 is 5.32 Å². The number of benzene rings is 1. The Morgan fingerprint density at radius 3 is 3.00 bits per heavy atom.